The Morgan fingerprint density at radius 3 is 1.67 bits per heavy atom. The maximum absolute atomic E-state index is 12.0. The molecule has 0 aliphatic heterocycles. The van der Waals surface area contributed by atoms with Crippen molar-refractivity contribution < 1.29 is 29.1 Å². The summed E-state index contributed by atoms with van der Waals surface area (Å²) in [7, 11) is 0. The zero-order chi connectivity index (χ0) is 18.9. The molecule has 0 aliphatic carbocycles. The second-order valence-electron chi connectivity index (χ2n) is 4.08. The number of carbonyl (C=O) groups is 5. The van der Waals surface area contributed by atoms with Crippen LogP contribution in [0.1, 0.15) is 0 Å². The minimum atomic E-state index is -2.04. The summed E-state index contributed by atoms with van der Waals surface area (Å²) < 4.78 is 0. The Kier molecular flexibility index (Phi) is 8.13. The first kappa shape index (κ1) is 20.5. The highest BCUT2D eigenvalue weighted by molar-refractivity contribution is 6.08. The number of carbonyl (C=O) groups excluding carboxylic acids is 4. The van der Waals surface area contributed by atoms with Crippen LogP contribution < -0.4 is 5.32 Å². The van der Waals surface area contributed by atoms with Crippen molar-refractivity contribution in [3.05, 3.63) is 50.6 Å². The molecule has 2 N–H and O–H groups in total. The molecule has 0 saturated carbocycles. The summed E-state index contributed by atoms with van der Waals surface area (Å²) in [4.78, 5) is 59.4. The molecule has 0 spiro atoms. The number of carboxylic acids is 1. The molecule has 0 aromatic carbocycles. The Hall–Kier alpha value is -3.49. The summed E-state index contributed by atoms with van der Waals surface area (Å²) in [6, 6.07) is 0. The monoisotopic (exact) mass is 335 g/mol. The highest BCUT2D eigenvalue weighted by Gasteiger charge is 2.39. The fourth-order valence-electron chi connectivity index (χ4n) is 1.57. The van der Waals surface area contributed by atoms with Crippen LogP contribution in [0.15, 0.2) is 50.6 Å². The van der Waals surface area contributed by atoms with E-state index in [1.54, 1.807) is 0 Å². The molecule has 0 saturated heterocycles. The van der Waals surface area contributed by atoms with Crippen molar-refractivity contribution in [1.82, 2.24) is 15.1 Å². The predicted molar refractivity (Wildman–Crippen MR) is 83.9 cm³/mol. The highest BCUT2D eigenvalue weighted by Crippen LogP contribution is 2.10. The molecule has 0 bridgehead atoms. The minimum absolute atomic E-state index is 0.268. The molecule has 0 aromatic rings. The van der Waals surface area contributed by atoms with Gasteiger partial charge < -0.3 is 10.4 Å². The number of carboxylic acid groups (broad SMARTS) is 1. The molecule has 128 valence electrons. The van der Waals surface area contributed by atoms with Gasteiger partial charge in [-0.1, -0.05) is 26.3 Å². The van der Waals surface area contributed by atoms with E-state index in [0.717, 1.165) is 12.2 Å². The van der Waals surface area contributed by atoms with Crippen LogP contribution in [-0.4, -0.2) is 57.3 Å². The van der Waals surface area contributed by atoms with Crippen LogP contribution >= 0.6 is 0 Å². The number of rotatable bonds is 9. The number of imide groups is 1. The molecular weight excluding hydrogens is 318 g/mol. The lowest BCUT2D eigenvalue weighted by Crippen LogP contribution is -2.60. The van der Waals surface area contributed by atoms with Gasteiger partial charge >= 0.3 is 5.97 Å². The molecule has 0 rings (SSSR count). The van der Waals surface area contributed by atoms with Crippen molar-refractivity contribution in [2.24, 2.45) is 0 Å². The number of hydrogen-bond acceptors (Lipinski definition) is 5. The first-order chi connectivity index (χ1) is 11.2. The zero-order valence-electron chi connectivity index (χ0n) is 12.8. The van der Waals surface area contributed by atoms with Crippen molar-refractivity contribution in [2.45, 2.75) is 6.17 Å². The predicted octanol–water partition coefficient (Wildman–Crippen LogP) is -0.601. The third-order valence-electron chi connectivity index (χ3n) is 2.65. The van der Waals surface area contributed by atoms with Crippen molar-refractivity contribution in [1.29, 1.82) is 0 Å². The van der Waals surface area contributed by atoms with Crippen LogP contribution in [0.3, 0.4) is 0 Å². The topological polar surface area (TPSA) is 124 Å². The average Bonchev–Trinajstić information content (AvgIpc) is 2.58. The summed E-state index contributed by atoms with van der Waals surface area (Å²) in [5, 5.41) is 11.6. The Morgan fingerprint density at radius 2 is 1.33 bits per heavy atom. The third-order valence-corrected chi connectivity index (χ3v) is 2.65. The Morgan fingerprint density at radius 1 is 0.875 bits per heavy atom. The van der Waals surface area contributed by atoms with Crippen LogP contribution in [0.25, 0.3) is 0 Å². The van der Waals surface area contributed by atoms with Gasteiger partial charge in [-0.25, -0.2) is 9.69 Å². The Labute approximate surface area is 138 Å². The molecular formula is C15H17N3O6. The summed E-state index contributed by atoms with van der Waals surface area (Å²) in [6.07, 6.45) is 1.03. The first-order valence-corrected chi connectivity index (χ1v) is 6.43. The normalized spacial score (nSPS) is 10.5. The van der Waals surface area contributed by atoms with Crippen molar-refractivity contribution in [3.8, 4) is 0 Å². The van der Waals surface area contributed by atoms with Crippen molar-refractivity contribution in [3.63, 3.8) is 0 Å². The fraction of sp³-hybridized carbons (Fsp3) is 0.133. The van der Waals surface area contributed by atoms with Crippen molar-refractivity contribution in [2.75, 3.05) is 6.67 Å². The fourth-order valence-corrected chi connectivity index (χ4v) is 1.57. The summed E-state index contributed by atoms with van der Waals surface area (Å²) in [6.45, 7) is 12.2. The van der Waals surface area contributed by atoms with Crippen LogP contribution in [-0.2, 0) is 24.0 Å². The van der Waals surface area contributed by atoms with Crippen LogP contribution in [0, 0.1) is 0 Å². The first-order valence-electron chi connectivity index (χ1n) is 6.43. The van der Waals surface area contributed by atoms with E-state index in [1.165, 1.54) is 0 Å². The van der Waals surface area contributed by atoms with Gasteiger partial charge in [-0.05, 0) is 24.3 Å². The van der Waals surface area contributed by atoms with Gasteiger partial charge in [-0.2, -0.15) is 0 Å². The van der Waals surface area contributed by atoms with Crippen molar-refractivity contribution >= 4 is 29.6 Å². The van der Waals surface area contributed by atoms with E-state index in [9.17, 15) is 29.1 Å². The molecule has 24 heavy (non-hydrogen) atoms. The summed E-state index contributed by atoms with van der Waals surface area (Å²) >= 11 is 0. The number of nitrogens with one attached hydrogen (secondary N) is 1. The zero-order valence-corrected chi connectivity index (χ0v) is 12.8. The second kappa shape index (κ2) is 9.51. The largest absolute Gasteiger partial charge is 0.478 e. The lowest BCUT2D eigenvalue weighted by atomic mass is 10.3. The van der Waals surface area contributed by atoms with E-state index in [1.807, 2.05) is 0 Å². The minimum Gasteiger partial charge on any atom is -0.478 e. The lowest BCUT2D eigenvalue weighted by molar-refractivity contribution is -0.166. The Balaban J connectivity index is 5.99. The lowest BCUT2D eigenvalue weighted by Gasteiger charge is -2.34. The van der Waals surface area contributed by atoms with E-state index in [0.29, 0.717) is 17.1 Å². The van der Waals surface area contributed by atoms with Gasteiger partial charge in [0.2, 0.25) is 18.0 Å². The molecule has 0 heterocycles. The average molecular weight is 335 g/mol. The molecule has 9 nitrogen and oxygen atoms in total. The smallest absolute Gasteiger partial charge is 0.348 e. The number of hydrogen-bond donors (Lipinski definition) is 2. The standard InChI is InChI=1S/C15H17N3O6/c1-5-10(19)16-9-17(11(20)6-2)14(15(23)24)18(12(21)7-3)13(22)8-4/h5-8,14H,1-4,9H2,(H,16,19)(H,23,24). The molecule has 0 aromatic heterocycles. The van der Waals surface area contributed by atoms with Crippen LogP contribution in [0.4, 0.5) is 0 Å². The van der Waals surface area contributed by atoms with Gasteiger partial charge in [0.15, 0.2) is 0 Å². The Bertz CT molecular complexity index is 590. The van der Waals surface area contributed by atoms with Gasteiger partial charge in [-0.15, -0.1) is 0 Å². The molecule has 1 unspecified atom stereocenters. The maximum Gasteiger partial charge on any atom is 0.348 e. The summed E-state index contributed by atoms with van der Waals surface area (Å²) in [5.74, 6) is -5.46. The molecule has 9 heteroatoms. The highest BCUT2D eigenvalue weighted by atomic mass is 16.4. The molecule has 1 atom stereocenters. The molecule has 0 aliphatic rings. The van der Waals surface area contributed by atoms with Crippen LogP contribution in [0.5, 0.6) is 0 Å². The molecule has 4 amide bonds. The van der Waals surface area contributed by atoms with Gasteiger partial charge in [0.05, 0.1) is 6.67 Å². The van der Waals surface area contributed by atoms with E-state index < -0.39 is 42.4 Å². The summed E-state index contributed by atoms with van der Waals surface area (Å²) in [5.41, 5.74) is 0. The number of nitrogens with zero attached hydrogens (tertiary/aromatic N) is 2. The molecule has 0 radical (unpaired) electrons. The molecule has 0 fully saturated rings. The second-order valence-corrected chi connectivity index (χ2v) is 4.08. The van der Waals surface area contributed by atoms with E-state index in [-0.39, 0.29) is 4.90 Å². The van der Waals surface area contributed by atoms with Gasteiger partial charge in [-0.3, -0.25) is 24.1 Å². The SMILES string of the molecule is C=CC(=O)NCN(C(=O)C=C)C(C(=O)O)N(C(=O)C=C)C(=O)C=C. The van der Waals surface area contributed by atoms with E-state index in [4.69, 9.17) is 0 Å². The van der Waals surface area contributed by atoms with Gasteiger partial charge in [0.1, 0.15) is 0 Å². The number of aliphatic carboxylic acids is 1. The third kappa shape index (κ3) is 5.05. The van der Waals surface area contributed by atoms with E-state index in [2.05, 4.69) is 31.6 Å². The van der Waals surface area contributed by atoms with E-state index >= 15 is 0 Å². The van der Waals surface area contributed by atoms with Gasteiger partial charge in [0.25, 0.3) is 11.8 Å². The van der Waals surface area contributed by atoms with Crippen LogP contribution in [0.2, 0.25) is 0 Å². The number of amides is 4. The maximum atomic E-state index is 12.0. The van der Waals surface area contributed by atoms with Gasteiger partial charge in [0, 0.05) is 0 Å². The quantitative estimate of drug-likeness (QED) is 0.428.